The highest BCUT2D eigenvalue weighted by Crippen LogP contribution is 2.25. The molecule has 1 fully saturated rings. The van der Waals surface area contributed by atoms with Gasteiger partial charge in [0.25, 0.3) is 0 Å². The van der Waals surface area contributed by atoms with Crippen LogP contribution in [-0.2, 0) is 14.3 Å². The summed E-state index contributed by atoms with van der Waals surface area (Å²) < 4.78 is 5.26. The van der Waals surface area contributed by atoms with Crippen molar-refractivity contribution in [1.82, 2.24) is 4.90 Å². The van der Waals surface area contributed by atoms with E-state index in [0.717, 1.165) is 19.4 Å². The first-order valence-corrected chi connectivity index (χ1v) is 8.20. The van der Waals surface area contributed by atoms with Crippen molar-refractivity contribution < 1.29 is 14.3 Å². The molecular weight excluding hydrogens is 266 g/mol. The van der Waals surface area contributed by atoms with E-state index in [4.69, 9.17) is 4.74 Å². The molecule has 0 aromatic carbocycles. The fourth-order valence-electron chi connectivity index (χ4n) is 2.81. The summed E-state index contributed by atoms with van der Waals surface area (Å²) in [6.07, 6.45) is 5.06. The minimum absolute atomic E-state index is 0.0986. The number of hydrogen-bond acceptors (Lipinski definition) is 3. The van der Waals surface area contributed by atoms with Crippen LogP contribution in [0.25, 0.3) is 0 Å². The van der Waals surface area contributed by atoms with Gasteiger partial charge in [0, 0.05) is 19.0 Å². The van der Waals surface area contributed by atoms with Crippen molar-refractivity contribution in [2.75, 3.05) is 6.54 Å². The van der Waals surface area contributed by atoms with Gasteiger partial charge in [-0.1, -0.05) is 26.7 Å². The first kappa shape index (κ1) is 18.0. The third-order valence-electron chi connectivity index (χ3n) is 3.61. The number of esters is 1. The molecule has 0 aromatic rings. The Balaban J connectivity index is 2.50. The molecule has 0 bridgehead atoms. The highest BCUT2D eigenvalue weighted by Gasteiger charge is 2.27. The van der Waals surface area contributed by atoms with Crippen LogP contribution in [0.4, 0.5) is 0 Å². The smallest absolute Gasteiger partial charge is 0.306 e. The molecule has 0 heterocycles. The van der Waals surface area contributed by atoms with Crippen LogP contribution in [0.5, 0.6) is 0 Å². The number of amides is 1. The lowest BCUT2D eigenvalue weighted by Crippen LogP contribution is -2.41. The molecule has 0 atom stereocenters. The number of carbonyl (C=O) groups excluding carboxylic acids is 2. The molecule has 1 amide bonds. The standard InChI is InChI=1S/C17H31NO3/c1-13(2)12-18(14-8-6-7-9-14)15(19)10-11-16(20)21-17(3,4)5/h13-14H,6-12H2,1-5H3. The maximum absolute atomic E-state index is 12.5. The highest BCUT2D eigenvalue weighted by molar-refractivity contribution is 5.81. The van der Waals surface area contributed by atoms with E-state index in [1.807, 2.05) is 25.7 Å². The van der Waals surface area contributed by atoms with Gasteiger partial charge in [0.1, 0.15) is 5.60 Å². The van der Waals surface area contributed by atoms with Gasteiger partial charge in [-0.3, -0.25) is 9.59 Å². The number of ether oxygens (including phenoxy) is 1. The van der Waals surface area contributed by atoms with Crippen LogP contribution < -0.4 is 0 Å². The number of nitrogens with zero attached hydrogens (tertiary/aromatic N) is 1. The second-order valence-corrected chi connectivity index (χ2v) is 7.46. The van der Waals surface area contributed by atoms with Crippen molar-refractivity contribution in [3.8, 4) is 0 Å². The van der Waals surface area contributed by atoms with Crippen LogP contribution >= 0.6 is 0 Å². The summed E-state index contributed by atoms with van der Waals surface area (Å²) in [7, 11) is 0. The second kappa shape index (κ2) is 7.81. The first-order valence-electron chi connectivity index (χ1n) is 8.20. The third kappa shape index (κ3) is 6.96. The lowest BCUT2D eigenvalue weighted by Gasteiger charge is -2.31. The minimum atomic E-state index is -0.483. The third-order valence-corrected chi connectivity index (χ3v) is 3.61. The molecule has 1 rings (SSSR count). The summed E-state index contributed by atoms with van der Waals surface area (Å²) in [5.74, 6) is 0.268. The Morgan fingerprint density at radius 1 is 1.14 bits per heavy atom. The van der Waals surface area contributed by atoms with Crippen LogP contribution in [0.3, 0.4) is 0 Å². The summed E-state index contributed by atoms with van der Waals surface area (Å²) in [6.45, 7) is 10.6. The zero-order valence-corrected chi connectivity index (χ0v) is 14.3. The fourth-order valence-corrected chi connectivity index (χ4v) is 2.81. The van der Waals surface area contributed by atoms with E-state index in [-0.39, 0.29) is 24.7 Å². The summed E-state index contributed by atoms with van der Waals surface area (Å²) in [6, 6.07) is 0.374. The van der Waals surface area contributed by atoms with Crippen LogP contribution in [0.2, 0.25) is 0 Å². The van der Waals surface area contributed by atoms with E-state index < -0.39 is 5.60 Å². The number of carbonyl (C=O) groups is 2. The maximum Gasteiger partial charge on any atom is 0.306 e. The molecular formula is C17H31NO3. The Morgan fingerprint density at radius 3 is 2.19 bits per heavy atom. The van der Waals surface area contributed by atoms with Gasteiger partial charge in [-0.2, -0.15) is 0 Å². The van der Waals surface area contributed by atoms with Gasteiger partial charge in [-0.25, -0.2) is 0 Å². The van der Waals surface area contributed by atoms with Crippen LogP contribution in [0.15, 0.2) is 0 Å². The van der Waals surface area contributed by atoms with Crippen LogP contribution in [0, 0.1) is 5.92 Å². The summed E-state index contributed by atoms with van der Waals surface area (Å²) in [5, 5.41) is 0. The van der Waals surface area contributed by atoms with Gasteiger partial charge in [0.05, 0.1) is 6.42 Å². The first-order chi connectivity index (χ1) is 9.69. The molecule has 1 aliphatic carbocycles. The molecule has 0 N–H and O–H groups in total. The Kier molecular flexibility index (Phi) is 6.69. The molecule has 0 unspecified atom stereocenters. The SMILES string of the molecule is CC(C)CN(C(=O)CCC(=O)OC(C)(C)C)C1CCCC1. The van der Waals surface area contributed by atoms with E-state index in [1.54, 1.807) is 0 Å². The largest absolute Gasteiger partial charge is 0.460 e. The van der Waals surface area contributed by atoms with Gasteiger partial charge >= 0.3 is 5.97 Å². The molecule has 0 aromatic heterocycles. The molecule has 1 saturated carbocycles. The van der Waals surface area contributed by atoms with Crippen molar-refractivity contribution in [1.29, 1.82) is 0 Å². The molecule has 0 saturated heterocycles. The molecule has 21 heavy (non-hydrogen) atoms. The molecule has 1 aliphatic rings. The molecule has 0 radical (unpaired) electrons. The summed E-state index contributed by atoms with van der Waals surface area (Å²) in [4.78, 5) is 26.2. The van der Waals surface area contributed by atoms with E-state index in [0.29, 0.717) is 12.0 Å². The van der Waals surface area contributed by atoms with E-state index in [2.05, 4.69) is 13.8 Å². The van der Waals surface area contributed by atoms with Gasteiger partial charge < -0.3 is 9.64 Å². The predicted octanol–water partition coefficient (Wildman–Crippen LogP) is 3.54. The van der Waals surface area contributed by atoms with Crippen molar-refractivity contribution >= 4 is 11.9 Å². The molecule has 122 valence electrons. The molecule has 4 heteroatoms. The molecule has 0 spiro atoms. The maximum atomic E-state index is 12.5. The zero-order valence-electron chi connectivity index (χ0n) is 14.3. The number of hydrogen-bond donors (Lipinski definition) is 0. The quantitative estimate of drug-likeness (QED) is 0.705. The van der Waals surface area contributed by atoms with Gasteiger partial charge in [-0.15, -0.1) is 0 Å². The predicted molar refractivity (Wildman–Crippen MR) is 83.9 cm³/mol. The second-order valence-electron chi connectivity index (χ2n) is 7.46. The Morgan fingerprint density at radius 2 is 1.71 bits per heavy atom. The summed E-state index contributed by atoms with van der Waals surface area (Å²) in [5.41, 5.74) is -0.483. The Labute approximate surface area is 129 Å². The van der Waals surface area contributed by atoms with Crippen molar-refractivity contribution in [3.05, 3.63) is 0 Å². The average molecular weight is 297 g/mol. The summed E-state index contributed by atoms with van der Waals surface area (Å²) >= 11 is 0. The van der Waals surface area contributed by atoms with Crippen molar-refractivity contribution in [2.24, 2.45) is 5.92 Å². The number of rotatable bonds is 6. The van der Waals surface area contributed by atoms with Gasteiger partial charge in [-0.05, 0) is 39.5 Å². The molecule has 4 nitrogen and oxygen atoms in total. The van der Waals surface area contributed by atoms with Crippen molar-refractivity contribution in [2.45, 2.75) is 84.8 Å². The Bertz CT molecular complexity index is 352. The fraction of sp³-hybridized carbons (Fsp3) is 0.882. The van der Waals surface area contributed by atoms with Crippen molar-refractivity contribution in [3.63, 3.8) is 0 Å². The normalized spacial score (nSPS) is 16.3. The van der Waals surface area contributed by atoms with Crippen LogP contribution in [0.1, 0.15) is 73.1 Å². The zero-order chi connectivity index (χ0) is 16.0. The topological polar surface area (TPSA) is 46.6 Å². The van der Waals surface area contributed by atoms with Gasteiger partial charge in [0.15, 0.2) is 0 Å². The van der Waals surface area contributed by atoms with E-state index >= 15 is 0 Å². The molecule has 0 aliphatic heterocycles. The van der Waals surface area contributed by atoms with Crippen LogP contribution in [-0.4, -0.2) is 35.0 Å². The lowest BCUT2D eigenvalue weighted by atomic mass is 10.1. The minimum Gasteiger partial charge on any atom is -0.460 e. The monoisotopic (exact) mass is 297 g/mol. The average Bonchev–Trinajstić information content (AvgIpc) is 2.84. The van der Waals surface area contributed by atoms with E-state index in [1.165, 1.54) is 12.8 Å². The van der Waals surface area contributed by atoms with Gasteiger partial charge in [0.2, 0.25) is 5.91 Å². The lowest BCUT2D eigenvalue weighted by molar-refractivity contribution is -0.156. The van der Waals surface area contributed by atoms with E-state index in [9.17, 15) is 9.59 Å². The highest BCUT2D eigenvalue weighted by atomic mass is 16.6. The Hall–Kier alpha value is -1.06.